The fraction of sp³-hybridized carbons (Fsp3) is 0.750. The molecule has 1 saturated carbocycles. The van der Waals surface area contributed by atoms with Crippen LogP contribution < -0.4 is 0 Å². The highest BCUT2D eigenvalue weighted by Crippen LogP contribution is 2.50. The van der Waals surface area contributed by atoms with Gasteiger partial charge in [-0.15, -0.1) is 0 Å². The lowest BCUT2D eigenvalue weighted by Gasteiger charge is -2.21. The van der Waals surface area contributed by atoms with Crippen LogP contribution >= 0.6 is 7.60 Å². The van der Waals surface area contributed by atoms with Gasteiger partial charge < -0.3 is 9.05 Å². The molecule has 0 amide bonds. The summed E-state index contributed by atoms with van der Waals surface area (Å²) < 4.78 is 22.6. The van der Waals surface area contributed by atoms with Crippen LogP contribution in [0.3, 0.4) is 0 Å². The summed E-state index contributed by atoms with van der Waals surface area (Å²) in [6.45, 7) is 2.52. The summed E-state index contributed by atoms with van der Waals surface area (Å²) in [5.41, 5.74) is 0. The Morgan fingerprint density at radius 3 is 2.76 bits per heavy atom. The topological polar surface area (TPSA) is 59.3 Å². The summed E-state index contributed by atoms with van der Waals surface area (Å²) in [5.74, 6) is 1.69. The van der Waals surface area contributed by atoms with Gasteiger partial charge in [-0.05, 0) is 37.5 Å². The lowest BCUT2D eigenvalue weighted by molar-refractivity contribution is 0.175. The molecule has 0 aromatic heterocycles. The number of hydrogen-bond acceptors (Lipinski definition) is 4. The molecule has 0 saturated heterocycles. The van der Waals surface area contributed by atoms with E-state index in [1.165, 1.54) is 6.42 Å². The molecule has 0 aromatic rings. The Hall–Kier alpha value is -0.620. The Balaban J connectivity index is 1.86. The van der Waals surface area contributed by atoms with Gasteiger partial charge in [0.1, 0.15) is 6.16 Å². The molecule has 94 valence electrons. The highest BCUT2D eigenvalue weighted by atomic mass is 31.2. The predicted molar refractivity (Wildman–Crippen MR) is 64.5 cm³/mol. The van der Waals surface area contributed by atoms with E-state index in [0.29, 0.717) is 31.0 Å². The van der Waals surface area contributed by atoms with Crippen LogP contribution in [-0.4, -0.2) is 19.4 Å². The average molecular weight is 255 g/mol. The quantitative estimate of drug-likeness (QED) is 0.540. The van der Waals surface area contributed by atoms with E-state index >= 15 is 0 Å². The molecule has 0 spiro atoms. The standard InChI is InChI=1S/C12H18NO3P/c1-2-15-17(14,6-5-13)16-9-12-8-10-3-4-11(12)7-10/h3-4,10-12H,2,6-9H2,1H3. The number of allylic oxidation sites excluding steroid dienone is 2. The molecule has 4 nitrogen and oxygen atoms in total. The van der Waals surface area contributed by atoms with Gasteiger partial charge in [-0.1, -0.05) is 12.2 Å². The van der Waals surface area contributed by atoms with Crippen molar-refractivity contribution in [1.82, 2.24) is 0 Å². The number of nitriles is 1. The Bertz CT molecular complexity index is 388. The maximum Gasteiger partial charge on any atom is 0.344 e. The second-order valence-electron chi connectivity index (χ2n) is 4.68. The average Bonchev–Trinajstić information content (AvgIpc) is 2.89. The van der Waals surface area contributed by atoms with Crippen LogP contribution in [0.1, 0.15) is 19.8 Å². The minimum Gasteiger partial charge on any atom is -0.308 e. The maximum absolute atomic E-state index is 12.1. The zero-order valence-electron chi connectivity index (χ0n) is 10.0. The molecule has 2 aliphatic rings. The molecule has 0 radical (unpaired) electrons. The summed E-state index contributed by atoms with van der Waals surface area (Å²) in [4.78, 5) is 0. The molecule has 0 heterocycles. The van der Waals surface area contributed by atoms with Gasteiger partial charge in [-0.25, -0.2) is 0 Å². The summed E-state index contributed by atoms with van der Waals surface area (Å²) in [7, 11) is -3.18. The molecule has 0 N–H and O–H groups in total. The van der Waals surface area contributed by atoms with Gasteiger partial charge in [0.25, 0.3) is 0 Å². The fourth-order valence-corrected chi connectivity index (χ4v) is 3.95. The first kappa shape index (κ1) is 12.8. The second-order valence-corrected chi connectivity index (χ2v) is 6.74. The molecule has 2 aliphatic carbocycles. The molecule has 17 heavy (non-hydrogen) atoms. The van der Waals surface area contributed by atoms with Crippen molar-refractivity contribution in [1.29, 1.82) is 5.26 Å². The normalized spacial score (nSPS) is 33.5. The second kappa shape index (κ2) is 5.35. The first-order valence-corrected chi connectivity index (χ1v) is 7.83. The van der Waals surface area contributed by atoms with Gasteiger partial charge in [-0.3, -0.25) is 4.57 Å². The Morgan fingerprint density at radius 1 is 1.41 bits per heavy atom. The first-order valence-electron chi connectivity index (χ1n) is 6.10. The lowest BCUT2D eigenvalue weighted by Crippen LogP contribution is -2.14. The van der Waals surface area contributed by atoms with Gasteiger partial charge >= 0.3 is 7.60 Å². The number of rotatable bonds is 6. The van der Waals surface area contributed by atoms with Crippen molar-refractivity contribution in [2.24, 2.45) is 17.8 Å². The molecule has 2 rings (SSSR count). The zero-order valence-corrected chi connectivity index (χ0v) is 10.9. The third kappa shape index (κ3) is 2.98. The van der Waals surface area contributed by atoms with Crippen molar-refractivity contribution in [3.05, 3.63) is 12.2 Å². The monoisotopic (exact) mass is 255 g/mol. The maximum atomic E-state index is 12.1. The van der Waals surface area contributed by atoms with Crippen molar-refractivity contribution < 1.29 is 13.6 Å². The highest BCUT2D eigenvalue weighted by molar-refractivity contribution is 7.54. The largest absolute Gasteiger partial charge is 0.344 e. The molecule has 2 bridgehead atoms. The van der Waals surface area contributed by atoms with Crippen molar-refractivity contribution in [2.75, 3.05) is 19.4 Å². The van der Waals surface area contributed by atoms with Gasteiger partial charge in [0.05, 0.1) is 19.3 Å². The van der Waals surface area contributed by atoms with E-state index in [1.54, 1.807) is 6.92 Å². The summed E-state index contributed by atoms with van der Waals surface area (Å²) in [6.07, 6.45) is 6.65. The first-order chi connectivity index (χ1) is 8.17. The van der Waals surface area contributed by atoms with Crippen LogP contribution in [0.15, 0.2) is 12.2 Å². The Kier molecular flexibility index (Phi) is 4.04. The van der Waals surface area contributed by atoms with Gasteiger partial charge in [-0.2, -0.15) is 5.26 Å². The minimum atomic E-state index is -3.18. The molecular formula is C12H18NO3P. The third-order valence-corrected chi connectivity index (χ3v) is 5.21. The number of fused-ring (bicyclic) bond motifs is 2. The van der Waals surface area contributed by atoms with Crippen LogP contribution in [0.25, 0.3) is 0 Å². The van der Waals surface area contributed by atoms with Crippen molar-refractivity contribution in [3.8, 4) is 6.07 Å². The molecule has 0 aromatic carbocycles. The Labute approximate surface area is 102 Å². The minimum absolute atomic E-state index is 0.155. The van der Waals surface area contributed by atoms with Crippen LogP contribution in [0, 0.1) is 29.1 Å². The van der Waals surface area contributed by atoms with E-state index in [0.717, 1.165) is 6.42 Å². The van der Waals surface area contributed by atoms with Crippen molar-refractivity contribution in [3.63, 3.8) is 0 Å². The van der Waals surface area contributed by atoms with Crippen LogP contribution in [0.5, 0.6) is 0 Å². The fourth-order valence-electron chi connectivity index (χ4n) is 2.71. The zero-order chi connectivity index (χ0) is 12.3. The lowest BCUT2D eigenvalue weighted by atomic mass is 9.95. The van der Waals surface area contributed by atoms with Gasteiger partial charge in [0.2, 0.25) is 0 Å². The number of hydrogen-bond donors (Lipinski definition) is 0. The summed E-state index contributed by atoms with van der Waals surface area (Å²) in [5, 5.41) is 8.63. The van der Waals surface area contributed by atoms with Crippen LogP contribution in [0.4, 0.5) is 0 Å². The molecule has 1 fully saturated rings. The van der Waals surface area contributed by atoms with Gasteiger partial charge in [0, 0.05) is 0 Å². The smallest absolute Gasteiger partial charge is 0.308 e. The third-order valence-electron chi connectivity index (χ3n) is 3.49. The van der Waals surface area contributed by atoms with Gasteiger partial charge in [0.15, 0.2) is 0 Å². The van der Waals surface area contributed by atoms with E-state index in [-0.39, 0.29) is 6.16 Å². The van der Waals surface area contributed by atoms with E-state index < -0.39 is 7.60 Å². The van der Waals surface area contributed by atoms with Crippen LogP contribution in [-0.2, 0) is 13.6 Å². The summed E-state index contributed by atoms with van der Waals surface area (Å²) in [6, 6.07) is 1.88. The van der Waals surface area contributed by atoms with E-state index in [9.17, 15) is 4.57 Å². The van der Waals surface area contributed by atoms with Crippen molar-refractivity contribution >= 4 is 7.60 Å². The number of nitrogens with zero attached hydrogens (tertiary/aromatic N) is 1. The molecule has 0 aliphatic heterocycles. The summed E-state index contributed by atoms with van der Waals surface area (Å²) >= 11 is 0. The molecular weight excluding hydrogens is 237 g/mol. The molecule has 5 heteroatoms. The molecule has 4 unspecified atom stereocenters. The Morgan fingerprint density at radius 2 is 2.24 bits per heavy atom. The van der Waals surface area contributed by atoms with Crippen molar-refractivity contribution in [2.45, 2.75) is 19.8 Å². The van der Waals surface area contributed by atoms with E-state index in [1.807, 2.05) is 6.07 Å². The predicted octanol–water partition coefficient (Wildman–Crippen LogP) is 2.97. The highest BCUT2D eigenvalue weighted by Gasteiger charge is 2.37. The SMILES string of the molecule is CCOP(=O)(CC#N)OCC1CC2C=CC1C2. The van der Waals surface area contributed by atoms with Crippen LogP contribution in [0.2, 0.25) is 0 Å². The van der Waals surface area contributed by atoms with E-state index in [2.05, 4.69) is 12.2 Å². The molecule has 4 atom stereocenters. The van der Waals surface area contributed by atoms with E-state index in [4.69, 9.17) is 14.3 Å².